The maximum atomic E-state index is 8.45. The van der Waals surface area contributed by atoms with Gasteiger partial charge >= 0.3 is 0 Å². The molecule has 0 saturated carbocycles. The number of aliphatic hydroxyl groups excluding tert-OH is 2. The first-order chi connectivity index (χ1) is 3.72. The van der Waals surface area contributed by atoms with Crippen molar-refractivity contribution in [2.24, 2.45) is 11.7 Å². The monoisotopic (exact) mass is 119 g/mol. The zero-order chi connectivity index (χ0) is 6.57. The van der Waals surface area contributed by atoms with E-state index in [0.29, 0.717) is 0 Å². The van der Waals surface area contributed by atoms with Gasteiger partial charge in [0.1, 0.15) is 0 Å². The van der Waals surface area contributed by atoms with Gasteiger partial charge in [0.05, 0.1) is 6.61 Å². The number of hydrogen-bond donors (Lipinski definition) is 3. The smallest absolute Gasteiger partial charge is 0.0586 e. The van der Waals surface area contributed by atoms with Crippen LogP contribution in [0.25, 0.3) is 0 Å². The third-order valence-corrected chi connectivity index (χ3v) is 1.23. The van der Waals surface area contributed by atoms with Crippen LogP contribution in [0, 0.1) is 5.92 Å². The molecule has 2 unspecified atom stereocenters. The summed E-state index contributed by atoms with van der Waals surface area (Å²) in [5, 5.41) is 16.8. The molecule has 0 aromatic heterocycles. The maximum Gasteiger partial charge on any atom is 0.0586 e. The Balaban J connectivity index is 3.29. The van der Waals surface area contributed by atoms with Gasteiger partial charge in [0.25, 0.3) is 0 Å². The number of aliphatic hydroxyl groups is 2. The highest BCUT2D eigenvalue weighted by Crippen LogP contribution is 1.95. The lowest BCUT2D eigenvalue weighted by atomic mass is 10.1. The van der Waals surface area contributed by atoms with Gasteiger partial charge in [-0.15, -0.1) is 0 Å². The van der Waals surface area contributed by atoms with E-state index >= 15 is 0 Å². The second-order valence-electron chi connectivity index (χ2n) is 2.01. The van der Waals surface area contributed by atoms with Gasteiger partial charge in [0.2, 0.25) is 0 Å². The van der Waals surface area contributed by atoms with Gasteiger partial charge in [-0.1, -0.05) is 6.92 Å². The van der Waals surface area contributed by atoms with Gasteiger partial charge in [0, 0.05) is 12.6 Å². The fraction of sp³-hybridized carbons (Fsp3) is 1.00. The van der Waals surface area contributed by atoms with E-state index in [-0.39, 0.29) is 25.2 Å². The molecule has 2 atom stereocenters. The standard InChI is InChI=1S/C5H13NO2/c1-4(2-7)5(6)3-8/h4-5,7-8H,2-3,6H2,1H3. The summed E-state index contributed by atoms with van der Waals surface area (Å²) in [7, 11) is 0. The minimum atomic E-state index is -0.278. The molecule has 0 fully saturated rings. The average molecular weight is 119 g/mol. The third kappa shape index (κ3) is 2.26. The molecular formula is C5H13NO2. The molecule has 0 aliphatic rings. The molecular weight excluding hydrogens is 106 g/mol. The lowest BCUT2D eigenvalue weighted by Gasteiger charge is -2.13. The van der Waals surface area contributed by atoms with Crippen LogP contribution >= 0.6 is 0 Å². The molecule has 0 aromatic carbocycles. The molecule has 0 saturated heterocycles. The van der Waals surface area contributed by atoms with Crippen molar-refractivity contribution in [3.63, 3.8) is 0 Å². The molecule has 8 heavy (non-hydrogen) atoms. The number of hydrogen-bond acceptors (Lipinski definition) is 3. The van der Waals surface area contributed by atoms with E-state index in [1.807, 2.05) is 0 Å². The van der Waals surface area contributed by atoms with Gasteiger partial charge in [-0.2, -0.15) is 0 Å². The summed E-state index contributed by atoms with van der Waals surface area (Å²) in [6.45, 7) is 1.78. The lowest BCUT2D eigenvalue weighted by molar-refractivity contribution is 0.171. The molecule has 50 valence electrons. The Hall–Kier alpha value is -0.120. The van der Waals surface area contributed by atoms with Gasteiger partial charge < -0.3 is 15.9 Å². The van der Waals surface area contributed by atoms with Crippen molar-refractivity contribution in [3.05, 3.63) is 0 Å². The van der Waals surface area contributed by atoms with E-state index in [1.54, 1.807) is 6.92 Å². The van der Waals surface area contributed by atoms with Crippen molar-refractivity contribution in [1.82, 2.24) is 0 Å². The molecule has 0 radical (unpaired) electrons. The predicted molar refractivity (Wildman–Crippen MR) is 31.3 cm³/mol. The minimum absolute atomic E-state index is 0.000000000000000444. The van der Waals surface area contributed by atoms with Crippen LogP contribution in [0.5, 0.6) is 0 Å². The highest BCUT2D eigenvalue weighted by Gasteiger charge is 2.08. The van der Waals surface area contributed by atoms with Crippen LogP contribution in [0.3, 0.4) is 0 Å². The quantitative estimate of drug-likeness (QED) is 0.443. The van der Waals surface area contributed by atoms with E-state index in [4.69, 9.17) is 15.9 Å². The zero-order valence-electron chi connectivity index (χ0n) is 5.04. The van der Waals surface area contributed by atoms with Crippen LogP contribution < -0.4 is 5.73 Å². The van der Waals surface area contributed by atoms with E-state index in [9.17, 15) is 0 Å². The van der Waals surface area contributed by atoms with Crippen molar-refractivity contribution >= 4 is 0 Å². The van der Waals surface area contributed by atoms with Crippen LogP contribution in [-0.2, 0) is 0 Å². The molecule has 0 rings (SSSR count). The summed E-state index contributed by atoms with van der Waals surface area (Å²) in [6, 6.07) is -0.278. The molecule has 0 bridgehead atoms. The molecule has 0 aromatic rings. The average Bonchev–Trinajstić information content (AvgIpc) is 1.84. The van der Waals surface area contributed by atoms with Crippen molar-refractivity contribution in [2.45, 2.75) is 13.0 Å². The first-order valence-electron chi connectivity index (χ1n) is 2.69. The first kappa shape index (κ1) is 7.88. The van der Waals surface area contributed by atoms with Crippen LogP contribution in [0.2, 0.25) is 0 Å². The van der Waals surface area contributed by atoms with E-state index in [2.05, 4.69) is 0 Å². The molecule has 0 amide bonds. The highest BCUT2D eigenvalue weighted by atomic mass is 16.3. The Morgan fingerprint density at radius 1 is 1.38 bits per heavy atom. The van der Waals surface area contributed by atoms with Gasteiger partial charge in [-0.3, -0.25) is 0 Å². The van der Waals surface area contributed by atoms with Crippen LogP contribution in [0.4, 0.5) is 0 Å². The molecule has 3 nitrogen and oxygen atoms in total. The van der Waals surface area contributed by atoms with Crippen LogP contribution in [-0.4, -0.2) is 29.5 Å². The van der Waals surface area contributed by atoms with Crippen molar-refractivity contribution in [2.75, 3.05) is 13.2 Å². The van der Waals surface area contributed by atoms with E-state index in [1.165, 1.54) is 0 Å². The minimum Gasteiger partial charge on any atom is -0.396 e. The summed E-state index contributed by atoms with van der Waals surface area (Å²) in [4.78, 5) is 0. The molecule has 4 N–H and O–H groups in total. The summed E-state index contributed by atoms with van der Waals surface area (Å²) < 4.78 is 0. The highest BCUT2D eigenvalue weighted by molar-refractivity contribution is 4.65. The maximum absolute atomic E-state index is 8.45. The van der Waals surface area contributed by atoms with Crippen LogP contribution in [0.15, 0.2) is 0 Å². The normalized spacial score (nSPS) is 18.0. The zero-order valence-corrected chi connectivity index (χ0v) is 5.04. The molecule has 3 heteroatoms. The van der Waals surface area contributed by atoms with Gasteiger partial charge in [0.15, 0.2) is 0 Å². The summed E-state index contributed by atoms with van der Waals surface area (Å²) in [5.41, 5.74) is 5.32. The number of rotatable bonds is 3. The Bertz CT molecular complexity index is 50.4. The van der Waals surface area contributed by atoms with Gasteiger partial charge in [-0.05, 0) is 5.92 Å². The summed E-state index contributed by atoms with van der Waals surface area (Å²) in [6.07, 6.45) is 0. The summed E-state index contributed by atoms with van der Waals surface area (Å²) in [5.74, 6) is -0.000000000000000444. The van der Waals surface area contributed by atoms with Crippen LogP contribution in [0.1, 0.15) is 6.92 Å². The van der Waals surface area contributed by atoms with E-state index < -0.39 is 0 Å². The summed E-state index contributed by atoms with van der Waals surface area (Å²) >= 11 is 0. The molecule has 0 aliphatic carbocycles. The Morgan fingerprint density at radius 2 is 1.88 bits per heavy atom. The fourth-order valence-corrected chi connectivity index (χ4v) is 0.315. The molecule has 0 heterocycles. The second kappa shape index (κ2) is 3.83. The third-order valence-electron chi connectivity index (χ3n) is 1.23. The molecule has 0 aliphatic heterocycles. The topological polar surface area (TPSA) is 66.5 Å². The number of nitrogens with two attached hydrogens (primary N) is 1. The Kier molecular flexibility index (Phi) is 3.77. The fourth-order valence-electron chi connectivity index (χ4n) is 0.315. The van der Waals surface area contributed by atoms with Crippen molar-refractivity contribution < 1.29 is 10.2 Å². The second-order valence-corrected chi connectivity index (χ2v) is 2.01. The van der Waals surface area contributed by atoms with Crippen molar-refractivity contribution in [1.29, 1.82) is 0 Å². The van der Waals surface area contributed by atoms with Gasteiger partial charge in [-0.25, -0.2) is 0 Å². The Morgan fingerprint density at radius 3 is 2.00 bits per heavy atom. The van der Waals surface area contributed by atoms with E-state index in [0.717, 1.165) is 0 Å². The van der Waals surface area contributed by atoms with Crippen molar-refractivity contribution in [3.8, 4) is 0 Å². The Labute approximate surface area is 49.1 Å². The predicted octanol–water partition coefficient (Wildman–Crippen LogP) is -1.07. The molecule has 0 spiro atoms. The lowest BCUT2D eigenvalue weighted by Crippen LogP contribution is -2.33. The first-order valence-corrected chi connectivity index (χ1v) is 2.69. The largest absolute Gasteiger partial charge is 0.396 e. The SMILES string of the molecule is CC(CO)C(N)CO.